The molecule has 0 N–H and O–H groups in total. The zero-order valence-electron chi connectivity index (χ0n) is 15.3. The van der Waals surface area contributed by atoms with E-state index in [0.717, 1.165) is 14.5 Å². The molecule has 0 aliphatic carbocycles. The van der Waals surface area contributed by atoms with Gasteiger partial charge in [0.1, 0.15) is 18.2 Å². The van der Waals surface area contributed by atoms with Crippen molar-refractivity contribution in [2.75, 3.05) is 6.61 Å². The minimum atomic E-state index is -0.209. The molecule has 142 valence electrons. The van der Waals surface area contributed by atoms with Gasteiger partial charge in [-0.2, -0.15) is 9.78 Å². The van der Waals surface area contributed by atoms with Gasteiger partial charge in [0.05, 0.1) is 21.6 Å². The Morgan fingerprint density at radius 3 is 2.75 bits per heavy atom. The second-order valence-corrected chi connectivity index (χ2v) is 8.10. The van der Waals surface area contributed by atoms with Crippen LogP contribution in [0.2, 0.25) is 0 Å². The van der Waals surface area contributed by atoms with Gasteiger partial charge in [-0.1, -0.05) is 35.7 Å². The standard InChI is InChI=1S/C21H17Br2N3O2/c1-4-9-28-19-8-5-14(10-17(19)23)12-24-26-20(13(2)3)25-18-7-6-15(22)11-16(18)21(26)27/h1,5-8,10-13H,9H2,2-3H3. The van der Waals surface area contributed by atoms with Crippen LogP contribution in [0.15, 0.2) is 55.2 Å². The molecule has 0 unspecified atom stereocenters. The predicted octanol–water partition coefficient (Wildman–Crippen LogP) is 4.94. The minimum absolute atomic E-state index is 0.0316. The maximum Gasteiger partial charge on any atom is 0.282 e. The molecule has 0 amide bonds. The van der Waals surface area contributed by atoms with Gasteiger partial charge in [0.2, 0.25) is 0 Å². The molecule has 0 bridgehead atoms. The highest BCUT2D eigenvalue weighted by Gasteiger charge is 2.13. The minimum Gasteiger partial charge on any atom is -0.480 e. The Morgan fingerprint density at radius 2 is 2.07 bits per heavy atom. The molecule has 3 aromatic rings. The number of nitrogens with zero attached hydrogens (tertiary/aromatic N) is 3. The number of halogens is 2. The molecule has 7 heteroatoms. The van der Waals surface area contributed by atoms with Gasteiger partial charge in [-0.3, -0.25) is 4.79 Å². The average Bonchev–Trinajstić information content (AvgIpc) is 2.66. The summed E-state index contributed by atoms with van der Waals surface area (Å²) in [7, 11) is 0. The summed E-state index contributed by atoms with van der Waals surface area (Å²) in [4.78, 5) is 17.6. The monoisotopic (exact) mass is 501 g/mol. The maximum absolute atomic E-state index is 13.0. The van der Waals surface area contributed by atoms with E-state index in [2.05, 4.69) is 47.9 Å². The number of ether oxygens (including phenoxy) is 1. The van der Waals surface area contributed by atoms with Crippen molar-refractivity contribution in [2.45, 2.75) is 19.8 Å². The van der Waals surface area contributed by atoms with Gasteiger partial charge in [-0.25, -0.2) is 4.98 Å². The first-order valence-electron chi connectivity index (χ1n) is 8.53. The Kier molecular flexibility index (Phi) is 6.32. The van der Waals surface area contributed by atoms with E-state index in [9.17, 15) is 4.79 Å². The summed E-state index contributed by atoms with van der Waals surface area (Å²) in [5.74, 6) is 3.71. The van der Waals surface area contributed by atoms with E-state index in [1.165, 1.54) is 4.68 Å². The van der Waals surface area contributed by atoms with Gasteiger partial charge in [0, 0.05) is 10.4 Å². The first kappa shape index (κ1) is 20.3. The van der Waals surface area contributed by atoms with Crippen molar-refractivity contribution in [3.63, 3.8) is 0 Å². The summed E-state index contributed by atoms with van der Waals surface area (Å²) in [6, 6.07) is 10.9. The van der Waals surface area contributed by atoms with E-state index in [4.69, 9.17) is 11.2 Å². The Bertz CT molecular complexity index is 1160. The van der Waals surface area contributed by atoms with Gasteiger partial charge in [0.15, 0.2) is 0 Å². The average molecular weight is 503 g/mol. The molecule has 0 saturated heterocycles. The largest absolute Gasteiger partial charge is 0.480 e. The predicted molar refractivity (Wildman–Crippen MR) is 119 cm³/mol. The van der Waals surface area contributed by atoms with Crippen molar-refractivity contribution < 1.29 is 4.74 Å². The van der Waals surface area contributed by atoms with Gasteiger partial charge in [-0.05, 0) is 57.9 Å². The molecule has 0 fully saturated rings. The second kappa shape index (κ2) is 8.72. The number of aromatic nitrogens is 2. The van der Waals surface area contributed by atoms with Crippen LogP contribution in [0.4, 0.5) is 0 Å². The lowest BCUT2D eigenvalue weighted by Crippen LogP contribution is -2.23. The lowest BCUT2D eigenvalue weighted by molar-refractivity contribution is 0.368. The molecule has 0 spiro atoms. The normalized spacial score (nSPS) is 11.3. The number of benzene rings is 2. The van der Waals surface area contributed by atoms with Gasteiger partial charge < -0.3 is 4.74 Å². The molecule has 0 saturated carbocycles. The van der Waals surface area contributed by atoms with Gasteiger partial charge in [-0.15, -0.1) is 6.42 Å². The summed E-state index contributed by atoms with van der Waals surface area (Å²) in [5, 5.41) is 4.93. The zero-order valence-corrected chi connectivity index (χ0v) is 18.5. The van der Waals surface area contributed by atoms with Crippen molar-refractivity contribution in [2.24, 2.45) is 5.10 Å². The van der Waals surface area contributed by atoms with Crippen LogP contribution in [0, 0.1) is 12.3 Å². The second-order valence-electron chi connectivity index (χ2n) is 6.33. The molecule has 0 atom stereocenters. The van der Waals surface area contributed by atoms with E-state index in [1.807, 2.05) is 38.1 Å². The highest BCUT2D eigenvalue weighted by Crippen LogP contribution is 2.25. The van der Waals surface area contributed by atoms with E-state index >= 15 is 0 Å². The third kappa shape index (κ3) is 4.34. The lowest BCUT2D eigenvalue weighted by atomic mass is 10.2. The third-order valence-corrected chi connectivity index (χ3v) is 5.05. The zero-order chi connectivity index (χ0) is 20.3. The van der Waals surface area contributed by atoms with Crippen LogP contribution in [0.25, 0.3) is 10.9 Å². The Balaban J connectivity index is 2.05. The van der Waals surface area contributed by atoms with Gasteiger partial charge >= 0.3 is 0 Å². The highest BCUT2D eigenvalue weighted by molar-refractivity contribution is 9.10. The van der Waals surface area contributed by atoms with E-state index in [-0.39, 0.29) is 18.1 Å². The van der Waals surface area contributed by atoms with Gasteiger partial charge in [0.25, 0.3) is 5.56 Å². The Hall–Kier alpha value is -2.43. The molecular weight excluding hydrogens is 486 g/mol. The Labute approximate surface area is 179 Å². The van der Waals surface area contributed by atoms with Crippen molar-refractivity contribution >= 4 is 49.0 Å². The van der Waals surface area contributed by atoms with Crippen LogP contribution in [0.5, 0.6) is 5.75 Å². The number of hydrogen-bond donors (Lipinski definition) is 0. The molecule has 0 radical (unpaired) electrons. The van der Waals surface area contributed by atoms with Crippen LogP contribution >= 0.6 is 31.9 Å². The fourth-order valence-electron chi connectivity index (χ4n) is 2.61. The van der Waals surface area contributed by atoms with E-state index < -0.39 is 0 Å². The van der Waals surface area contributed by atoms with Crippen molar-refractivity contribution in [1.82, 2.24) is 9.66 Å². The van der Waals surface area contributed by atoms with E-state index in [1.54, 1.807) is 18.3 Å². The van der Waals surface area contributed by atoms with Crippen molar-refractivity contribution in [3.8, 4) is 18.1 Å². The Morgan fingerprint density at radius 1 is 1.29 bits per heavy atom. The molecule has 3 rings (SSSR count). The number of fused-ring (bicyclic) bond motifs is 1. The maximum atomic E-state index is 13.0. The highest BCUT2D eigenvalue weighted by atomic mass is 79.9. The molecule has 0 aliphatic heterocycles. The van der Waals surface area contributed by atoms with Crippen LogP contribution in [0.1, 0.15) is 31.2 Å². The first-order chi connectivity index (χ1) is 13.4. The van der Waals surface area contributed by atoms with E-state index in [0.29, 0.717) is 22.5 Å². The number of terminal acetylenes is 1. The summed E-state index contributed by atoms with van der Waals surface area (Å²) >= 11 is 6.86. The SMILES string of the molecule is C#CCOc1ccc(C=Nn2c(C(C)C)nc3ccc(Br)cc3c2=O)cc1Br. The molecule has 1 aromatic heterocycles. The van der Waals surface area contributed by atoms with Crippen LogP contribution in [-0.4, -0.2) is 22.5 Å². The molecule has 28 heavy (non-hydrogen) atoms. The molecule has 5 nitrogen and oxygen atoms in total. The summed E-state index contributed by atoms with van der Waals surface area (Å²) < 4.78 is 8.36. The third-order valence-electron chi connectivity index (χ3n) is 3.94. The van der Waals surface area contributed by atoms with Crippen LogP contribution in [-0.2, 0) is 0 Å². The quantitative estimate of drug-likeness (QED) is 0.367. The summed E-state index contributed by atoms with van der Waals surface area (Å²) in [6.07, 6.45) is 6.84. The van der Waals surface area contributed by atoms with Crippen molar-refractivity contribution in [3.05, 3.63) is 67.1 Å². The van der Waals surface area contributed by atoms with Crippen molar-refractivity contribution in [1.29, 1.82) is 0 Å². The fourth-order valence-corrected chi connectivity index (χ4v) is 3.48. The molecule has 1 heterocycles. The first-order valence-corrected chi connectivity index (χ1v) is 10.1. The summed E-state index contributed by atoms with van der Waals surface area (Å²) in [6.45, 7) is 4.15. The topological polar surface area (TPSA) is 56.5 Å². The lowest BCUT2D eigenvalue weighted by Gasteiger charge is -2.12. The fraction of sp³-hybridized carbons (Fsp3) is 0.190. The summed E-state index contributed by atoms with van der Waals surface area (Å²) in [5.41, 5.74) is 1.25. The molecule has 2 aromatic carbocycles. The van der Waals surface area contributed by atoms with Crippen LogP contribution in [0.3, 0.4) is 0 Å². The smallest absolute Gasteiger partial charge is 0.282 e. The number of hydrogen-bond acceptors (Lipinski definition) is 4. The number of rotatable bonds is 5. The molecule has 0 aliphatic rings. The van der Waals surface area contributed by atoms with Crippen LogP contribution < -0.4 is 10.3 Å². The molecular formula is C21H17Br2N3O2.